The van der Waals surface area contributed by atoms with Gasteiger partial charge in [0.2, 0.25) is 0 Å². The molecule has 0 spiro atoms. The van der Waals surface area contributed by atoms with Crippen LogP contribution in [-0.2, 0) is 0 Å². The van der Waals surface area contributed by atoms with Gasteiger partial charge in [0.05, 0.1) is 28.8 Å². The van der Waals surface area contributed by atoms with Crippen LogP contribution in [0.1, 0.15) is 49.6 Å². The molecule has 1 fully saturated rings. The molecule has 8 heteroatoms. The van der Waals surface area contributed by atoms with Crippen LogP contribution in [0.5, 0.6) is 0 Å². The molecule has 1 aromatic carbocycles. The van der Waals surface area contributed by atoms with Crippen LogP contribution < -0.4 is 5.32 Å². The molecule has 1 aliphatic heterocycles. The predicted molar refractivity (Wildman–Crippen MR) is 122 cm³/mol. The second-order valence-corrected chi connectivity index (χ2v) is 8.66. The first-order valence-corrected chi connectivity index (χ1v) is 10.4. The number of hydrogen-bond acceptors (Lipinski definition) is 5. The molecule has 1 N–H and O–H groups in total. The van der Waals surface area contributed by atoms with Gasteiger partial charge in [-0.2, -0.15) is 15.3 Å². The van der Waals surface area contributed by atoms with Crippen LogP contribution >= 0.6 is 12.4 Å². The van der Waals surface area contributed by atoms with Gasteiger partial charge in [-0.3, -0.25) is 0 Å². The summed E-state index contributed by atoms with van der Waals surface area (Å²) in [5, 5.41) is 17.5. The van der Waals surface area contributed by atoms with Crippen molar-refractivity contribution in [3.8, 4) is 11.3 Å². The zero-order valence-corrected chi connectivity index (χ0v) is 18.9. The van der Waals surface area contributed by atoms with E-state index in [1.165, 1.54) is 0 Å². The minimum Gasteiger partial charge on any atom is -0.312 e. The predicted octanol–water partition coefficient (Wildman–Crippen LogP) is 4.76. The number of aryl methyl sites for hydroxylation is 2. The Morgan fingerprint density at radius 1 is 1.03 bits per heavy atom. The Morgan fingerprint density at radius 2 is 1.77 bits per heavy atom. The fourth-order valence-corrected chi connectivity index (χ4v) is 4.66. The highest BCUT2D eigenvalue weighted by molar-refractivity contribution is 5.85. The number of piperidine rings is 1. The first-order valence-electron chi connectivity index (χ1n) is 10.4. The number of nitrogens with one attached hydrogen (secondary N) is 1. The number of rotatable bonds is 2. The van der Waals surface area contributed by atoms with Gasteiger partial charge in [0.15, 0.2) is 5.65 Å². The number of fused-ring (bicyclic) bond motifs is 2. The molecule has 1 aliphatic rings. The third kappa shape index (κ3) is 4.00. The highest BCUT2D eigenvalue weighted by Crippen LogP contribution is 2.32. The topological polar surface area (TPSA) is 68.0 Å². The second-order valence-electron chi connectivity index (χ2n) is 8.66. The minimum absolute atomic E-state index is 0. The summed E-state index contributed by atoms with van der Waals surface area (Å²) in [7, 11) is 0. The normalized spacial score (nSPS) is 21.4. The van der Waals surface area contributed by atoms with Crippen molar-refractivity contribution in [2.75, 3.05) is 0 Å². The molecule has 6 nitrogen and oxygen atoms in total. The van der Waals surface area contributed by atoms with E-state index in [9.17, 15) is 0 Å². The lowest BCUT2D eigenvalue weighted by Crippen LogP contribution is -2.41. The van der Waals surface area contributed by atoms with Crippen LogP contribution in [0.25, 0.3) is 27.8 Å². The average molecular weight is 441 g/mol. The van der Waals surface area contributed by atoms with Crippen LogP contribution in [-0.4, -0.2) is 36.9 Å². The Kier molecular flexibility index (Phi) is 5.66. The van der Waals surface area contributed by atoms with Crippen molar-refractivity contribution in [1.82, 2.24) is 30.1 Å². The fourth-order valence-electron chi connectivity index (χ4n) is 4.66. The van der Waals surface area contributed by atoms with Gasteiger partial charge in [-0.15, -0.1) is 12.4 Å². The lowest BCUT2D eigenvalue weighted by atomic mass is 9.86. The van der Waals surface area contributed by atoms with Gasteiger partial charge in [-0.1, -0.05) is 0 Å². The maximum atomic E-state index is 15.1. The highest BCUT2D eigenvalue weighted by atomic mass is 35.5. The van der Waals surface area contributed by atoms with E-state index in [4.69, 9.17) is 0 Å². The molecule has 0 amide bonds. The van der Waals surface area contributed by atoms with E-state index in [2.05, 4.69) is 39.4 Å². The minimum atomic E-state index is -0.296. The van der Waals surface area contributed by atoms with E-state index in [-0.39, 0.29) is 18.2 Å². The maximum Gasteiger partial charge on any atom is 0.156 e. The number of benzene rings is 1. The van der Waals surface area contributed by atoms with Crippen molar-refractivity contribution in [2.45, 2.75) is 58.5 Å². The molecule has 0 bridgehead atoms. The van der Waals surface area contributed by atoms with E-state index in [1.54, 1.807) is 10.6 Å². The van der Waals surface area contributed by atoms with Crippen molar-refractivity contribution in [3.63, 3.8) is 0 Å². The van der Waals surface area contributed by atoms with Gasteiger partial charge in [-0.25, -0.2) is 13.9 Å². The van der Waals surface area contributed by atoms with Crippen molar-refractivity contribution in [2.24, 2.45) is 0 Å². The maximum absolute atomic E-state index is 15.1. The Hall–Kier alpha value is -2.64. The summed E-state index contributed by atoms with van der Waals surface area (Å²) < 4.78 is 16.9. The van der Waals surface area contributed by atoms with E-state index in [0.29, 0.717) is 40.2 Å². The number of halogens is 2. The molecule has 0 radical (unpaired) electrons. The molecule has 4 heterocycles. The Bertz CT molecular complexity index is 1260. The Morgan fingerprint density at radius 3 is 2.52 bits per heavy atom. The van der Waals surface area contributed by atoms with Crippen molar-refractivity contribution >= 4 is 29.0 Å². The van der Waals surface area contributed by atoms with Crippen molar-refractivity contribution < 1.29 is 4.39 Å². The molecule has 1 saturated heterocycles. The van der Waals surface area contributed by atoms with Crippen LogP contribution in [0.3, 0.4) is 0 Å². The Labute approximate surface area is 186 Å². The van der Waals surface area contributed by atoms with Gasteiger partial charge < -0.3 is 5.32 Å². The smallest absolute Gasteiger partial charge is 0.156 e. The van der Waals surface area contributed by atoms with Crippen LogP contribution in [0, 0.1) is 19.7 Å². The van der Waals surface area contributed by atoms with E-state index < -0.39 is 0 Å². The molecule has 0 saturated carbocycles. The molecule has 5 rings (SSSR count). The quantitative estimate of drug-likeness (QED) is 0.486. The van der Waals surface area contributed by atoms with Crippen LogP contribution in [0.15, 0.2) is 30.5 Å². The third-order valence-corrected chi connectivity index (χ3v) is 5.96. The van der Waals surface area contributed by atoms with Gasteiger partial charge >= 0.3 is 0 Å². The molecular formula is C23H26ClFN6. The number of aromatic nitrogens is 5. The standard InChI is InChI=1S/C23H25FN6.ClH/c1-12-5-21(29-30-11-15(4)26-23(12)30)17-8-19(24)18-10-20(27-28-22(18)9-17)16-6-13(2)25-14(3)7-16;/h5,8-11,13-14,16,25H,6-7H2,1-4H3;1H/t13-,14-;/m1./s1. The first-order chi connectivity index (χ1) is 14.4. The van der Waals surface area contributed by atoms with E-state index in [1.807, 2.05) is 38.2 Å². The fraction of sp³-hybridized carbons (Fsp3) is 0.391. The second kappa shape index (κ2) is 8.13. The Balaban J connectivity index is 0.00000231. The summed E-state index contributed by atoms with van der Waals surface area (Å²) in [6.45, 7) is 8.27. The number of hydrogen-bond donors (Lipinski definition) is 1. The molecule has 0 unspecified atom stereocenters. The molecule has 31 heavy (non-hydrogen) atoms. The number of nitrogens with zero attached hydrogens (tertiary/aromatic N) is 5. The molecule has 2 atom stereocenters. The third-order valence-electron chi connectivity index (χ3n) is 5.96. The summed E-state index contributed by atoms with van der Waals surface area (Å²) in [6.07, 6.45) is 3.84. The van der Waals surface area contributed by atoms with Gasteiger partial charge in [-0.05, 0) is 70.4 Å². The summed E-state index contributed by atoms with van der Waals surface area (Å²) in [5.41, 5.74) is 5.49. The number of imidazole rings is 1. The summed E-state index contributed by atoms with van der Waals surface area (Å²) in [6, 6.07) is 8.04. The summed E-state index contributed by atoms with van der Waals surface area (Å²) in [5.74, 6) is -0.00141. The van der Waals surface area contributed by atoms with Gasteiger partial charge in [0, 0.05) is 29.0 Å². The largest absolute Gasteiger partial charge is 0.312 e. The molecule has 0 aliphatic carbocycles. The summed E-state index contributed by atoms with van der Waals surface area (Å²) in [4.78, 5) is 4.48. The lowest BCUT2D eigenvalue weighted by molar-refractivity contribution is 0.312. The van der Waals surface area contributed by atoms with Crippen LogP contribution in [0.2, 0.25) is 0 Å². The SMILES string of the molecule is Cc1cn2nc(-c3cc(F)c4cc(C5C[C@@H](C)N[C@H](C)C5)nnc4c3)cc(C)c2n1.Cl. The zero-order valence-electron chi connectivity index (χ0n) is 18.1. The van der Waals surface area contributed by atoms with E-state index in [0.717, 1.165) is 35.4 Å². The van der Waals surface area contributed by atoms with Crippen molar-refractivity contribution in [3.05, 3.63) is 53.2 Å². The monoisotopic (exact) mass is 440 g/mol. The van der Waals surface area contributed by atoms with Crippen LogP contribution in [0.4, 0.5) is 4.39 Å². The molecular weight excluding hydrogens is 415 g/mol. The van der Waals surface area contributed by atoms with Gasteiger partial charge in [0.1, 0.15) is 5.82 Å². The highest BCUT2D eigenvalue weighted by Gasteiger charge is 2.26. The van der Waals surface area contributed by atoms with E-state index >= 15 is 4.39 Å². The zero-order chi connectivity index (χ0) is 21.0. The average Bonchev–Trinajstić information content (AvgIpc) is 3.08. The first kappa shape index (κ1) is 21.6. The lowest BCUT2D eigenvalue weighted by Gasteiger charge is -2.32. The molecule has 4 aromatic rings. The molecule has 162 valence electrons. The molecule has 3 aromatic heterocycles. The van der Waals surface area contributed by atoms with Crippen molar-refractivity contribution in [1.29, 1.82) is 0 Å². The summed E-state index contributed by atoms with van der Waals surface area (Å²) >= 11 is 0. The van der Waals surface area contributed by atoms with Gasteiger partial charge in [0.25, 0.3) is 0 Å².